The van der Waals surface area contributed by atoms with Crippen LogP contribution in [0.5, 0.6) is 0 Å². The van der Waals surface area contributed by atoms with Crippen molar-refractivity contribution in [1.29, 1.82) is 0 Å². The van der Waals surface area contributed by atoms with E-state index in [-0.39, 0.29) is 6.61 Å². The molecular weight excluding hydrogens is 138 g/mol. The molecule has 0 aromatic carbocycles. The molecule has 0 radical (unpaired) electrons. The van der Waals surface area contributed by atoms with Crippen LogP contribution in [0.4, 0.5) is 0 Å². The van der Waals surface area contributed by atoms with E-state index < -0.39 is 24.5 Å². The minimum Gasteiger partial charge on any atom is -0.395 e. The van der Waals surface area contributed by atoms with Crippen molar-refractivity contribution in [2.45, 2.75) is 24.5 Å². The molecule has 5 heteroatoms. The highest BCUT2D eigenvalue weighted by Gasteiger charge is 2.39. The summed E-state index contributed by atoms with van der Waals surface area (Å²) in [4.78, 5) is 0. The van der Waals surface area contributed by atoms with Gasteiger partial charge in [-0.25, -0.2) is 0 Å². The van der Waals surface area contributed by atoms with Crippen LogP contribution < -0.4 is 5.32 Å². The maximum Gasteiger partial charge on any atom is 0.134 e. The van der Waals surface area contributed by atoms with Crippen LogP contribution in [0.25, 0.3) is 0 Å². The van der Waals surface area contributed by atoms with Gasteiger partial charge >= 0.3 is 0 Å². The minimum absolute atomic E-state index is 0.296. The number of rotatable bonds is 1. The lowest BCUT2D eigenvalue weighted by molar-refractivity contribution is -0.0256. The zero-order chi connectivity index (χ0) is 7.72. The van der Waals surface area contributed by atoms with Gasteiger partial charge in [-0.05, 0) is 0 Å². The zero-order valence-electron chi connectivity index (χ0n) is 5.31. The smallest absolute Gasteiger partial charge is 0.134 e. The van der Waals surface area contributed by atoms with Crippen LogP contribution in [0.1, 0.15) is 0 Å². The van der Waals surface area contributed by atoms with Gasteiger partial charge in [-0.3, -0.25) is 5.32 Å². The van der Waals surface area contributed by atoms with Crippen LogP contribution in [-0.2, 0) is 0 Å². The Morgan fingerprint density at radius 3 is 1.90 bits per heavy atom. The minimum atomic E-state index is -1.20. The SMILES string of the molecule is OC[C@@H]1NC(O)[C@H](O)[C@H]1O. The molecule has 1 unspecified atom stereocenters. The summed E-state index contributed by atoms with van der Waals surface area (Å²) in [6.07, 6.45) is -3.41. The lowest BCUT2D eigenvalue weighted by Crippen LogP contribution is -2.36. The lowest BCUT2D eigenvalue weighted by atomic mass is 10.1. The fourth-order valence-corrected chi connectivity index (χ4v) is 1.00. The third-order valence-corrected chi connectivity index (χ3v) is 1.67. The lowest BCUT2D eigenvalue weighted by Gasteiger charge is -2.11. The van der Waals surface area contributed by atoms with Crippen molar-refractivity contribution >= 4 is 0 Å². The van der Waals surface area contributed by atoms with Gasteiger partial charge in [0, 0.05) is 0 Å². The molecule has 10 heavy (non-hydrogen) atoms. The summed E-state index contributed by atoms with van der Waals surface area (Å²) in [6.45, 7) is -0.296. The first-order chi connectivity index (χ1) is 4.66. The monoisotopic (exact) mass is 149 g/mol. The Morgan fingerprint density at radius 2 is 1.70 bits per heavy atom. The standard InChI is InChI=1S/C5H11NO4/c7-1-2-3(8)4(9)5(10)6-2/h2-10H,1H2/t2-,3-,4+,5?/m0/s1. The topological polar surface area (TPSA) is 93.0 Å². The Morgan fingerprint density at radius 1 is 1.10 bits per heavy atom. The van der Waals surface area contributed by atoms with E-state index in [1.54, 1.807) is 0 Å². The van der Waals surface area contributed by atoms with Gasteiger partial charge in [-0.1, -0.05) is 0 Å². The molecule has 0 bridgehead atoms. The summed E-state index contributed by atoms with van der Waals surface area (Å²) in [5.74, 6) is 0. The molecule has 0 spiro atoms. The molecule has 1 saturated heterocycles. The molecule has 0 aromatic heterocycles. The summed E-state index contributed by atoms with van der Waals surface area (Å²) in [7, 11) is 0. The Balaban J connectivity index is 2.53. The van der Waals surface area contributed by atoms with E-state index in [1.807, 2.05) is 0 Å². The molecule has 0 aromatic rings. The average Bonchev–Trinajstić information content (AvgIpc) is 2.17. The van der Waals surface area contributed by atoms with Crippen LogP contribution in [0.2, 0.25) is 0 Å². The third-order valence-electron chi connectivity index (χ3n) is 1.67. The van der Waals surface area contributed by atoms with E-state index >= 15 is 0 Å². The van der Waals surface area contributed by atoms with Gasteiger partial charge in [0.15, 0.2) is 0 Å². The third kappa shape index (κ3) is 1.14. The molecule has 5 nitrogen and oxygen atoms in total. The van der Waals surface area contributed by atoms with Gasteiger partial charge in [0.05, 0.1) is 12.6 Å². The summed E-state index contributed by atoms with van der Waals surface area (Å²) >= 11 is 0. The van der Waals surface area contributed by atoms with Gasteiger partial charge < -0.3 is 20.4 Å². The second-order valence-corrected chi connectivity index (χ2v) is 2.38. The van der Waals surface area contributed by atoms with Crippen LogP contribution in [0, 0.1) is 0 Å². The van der Waals surface area contributed by atoms with E-state index in [0.717, 1.165) is 0 Å². The van der Waals surface area contributed by atoms with Gasteiger partial charge in [0.25, 0.3) is 0 Å². The maximum atomic E-state index is 9.00. The molecule has 1 aliphatic rings. The fraction of sp³-hybridized carbons (Fsp3) is 1.00. The van der Waals surface area contributed by atoms with Crippen molar-refractivity contribution in [3.05, 3.63) is 0 Å². The van der Waals surface area contributed by atoms with Gasteiger partial charge in [-0.15, -0.1) is 0 Å². The number of aliphatic hydroxyl groups is 4. The fourth-order valence-electron chi connectivity index (χ4n) is 1.00. The van der Waals surface area contributed by atoms with Crippen LogP contribution >= 0.6 is 0 Å². The molecule has 1 heterocycles. The van der Waals surface area contributed by atoms with E-state index in [2.05, 4.69) is 5.32 Å². The average molecular weight is 149 g/mol. The largest absolute Gasteiger partial charge is 0.395 e. The van der Waals surface area contributed by atoms with Gasteiger partial charge in [0.1, 0.15) is 18.4 Å². The highest BCUT2D eigenvalue weighted by molar-refractivity contribution is 4.92. The second kappa shape index (κ2) is 2.81. The highest BCUT2D eigenvalue weighted by atomic mass is 16.4. The van der Waals surface area contributed by atoms with E-state index in [4.69, 9.17) is 20.4 Å². The molecule has 0 aliphatic carbocycles. The van der Waals surface area contributed by atoms with Gasteiger partial charge in [0.2, 0.25) is 0 Å². The Hall–Kier alpha value is -0.200. The van der Waals surface area contributed by atoms with Crippen molar-refractivity contribution in [3.63, 3.8) is 0 Å². The Kier molecular flexibility index (Phi) is 2.22. The molecule has 1 rings (SSSR count). The van der Waals surface area contributed by atoms with Crippen molar-refractivity contribution in [3.8, 4) is 0 Å². The summed E-state index contributed by atoms with van der Waals surface area (Å²) in [5.41, 5.74) is 0. The van der Waals surface area contributed by atoms with E-state index in [1.165, 1.54) is 0 Å². The van der Waals surface area contributed by atoms with E-state index in [9.17, 15) is 0 Å². The number of aliphatic hydroxyl groups excluding tert-OH is 4. The number of hydrogen-bond donors (Lipinski definition) is 5. The van der Waals surface area contributed by atoms with Gasteiger partial charge in [-0.2, -0.15) is 0 Å². The number of nitrogens with one attached hydrogen (secondary N) is 1. The molecule has 5 N–H and O–H groups in total. The highest BCUT2D eigenvalue weighted by Crippen LogP contribution is 2.11. The predicted octanol–water partition coefficient (Wildman–Crippen LogP) is -3.01. The molecule has 60 valence electrons. The van der Waals surface area contributed by atoms with Crippen molar-refractivity contribution < 1.29 is 20.4 Å². The van der Waals surface area contributed by atoms with Crippen molar-refractivity contribution in [2.24, 2.45) is 0 Å². The molecule has 0 amide bonds. The summed E-state index contributed by atoms with van der Waals surface area (Å²) in [5, 5.41) is 37.7. The zero-order valence-corrected chi connectivity index (χ0v) is 5.31. The molecule has 4 atom stereocenters. The Bertz CT molecular complexity index is 120. The molecular formula is C5H11NO4. The first kappa shape index (κ1) is 7.90. The maximum absolute atomic E-state index is 9.00. The molecule has 0 saturated carbocycles. The Labute approximate surface area is 57.9 Å². The van der Waals surface area contributed by atoms with E-state index in [0.29, 0.717) is 0 Å². The number of hydrogen-bond acceptors (Lipinski definition) is 5. The van der Waals surface area contributed by atoms with Crippen molar-refractivity contribution in [1.82, 2.24) is 5.32 Å². The first-order valence-electron chi connectivity index (χ1n) is 3.08. The van der Waals surface area contributed by atoms with Crippen LogP contribution in [-0.4, -0.2) is 51.5 Å². The van der Waals surface area contributed by atoms with Crippen LogP contribution in [0.15, 0.2) is 0 Å². The molecule has 1 fully saturated rings. The predicted molar refractivity (Wildman–Crippen MR) is 32.0 cm³/mol. The quantitative estimate of drug-likeness (QED) is 0.274. The van der Waals surface area contributed by atoms with Crippen LogP contribution in [0.3, 0.4) is 0 Å². The summed E-state index contributed by atoms with van der Waals surface area (Å²) < 4.78 is 0. The summed E-state index contributed by atoms with van der Waals surface area (Å²) in [6, 6.07) is -0.620. The second-order valence-electron chi connectivity index (χ2n) is 2.38. The first-order valence-corrected chi connectivity index (χ1v) is 3.08. The molecule has 1 aliphatic heterocycles. The normalized spacial score (nSPS) is 48.0. The van der Waals surface area contributed by atoms with Crippen molar-refractivity contribution in [2.75, 3.05) is 6.61 Å².